The van der Waals surface area contributed by atoms with Crippen LogP contribution in [0.2, 0.25) is 0 Å². The Bertz CT molecular complexity index is 3950. The Kier molecular flexibility index (Phi) is 8.46. The highest BCUT2D eigenvalue weighted by molar-refractivity contribution is 6.13. The lowest BCUT2D eigenvalue weighted by molar-refractivity contribution is 0.749. The first kappa shape index (κ1) is 38.3. The van der Waals surface area contributed by atoms with E-state index in [0.717, 1.165) is 38.9 Å². The average molecular weight is 865 g/mol. The number of para-hydroxylation sites is 3. The molecule has 0 radical (unpaired) electrons. The molecule has 0 N–H and O–H groups in total. The summed E-state index contributed by atoms with van der Waals surface area (Å²) in [5.74, 6) is 1.89. The van der Waals surface area contributed by atoms with Crippen LogP contribution in [0.1, 0.15) is 22.3 Å². The Morgan fingerprint density at radius 3 is 1.47 bits per heavy atom. The van der Waals surface area contributed by atoms with Crippen molar-refractivity contribution in [1.82, 2.24) is 19.5 Å². The van der Waals surface area contributed by atoms with Crippen LogP contribution in [0.15, 0.2) is 243 Å². The van der Waals surface area contributed by atoms with Gasteiger partial charge in [-0.25, -0.2) is 15.0 Å². The molecule has 12 aromatic rings. The third-order valence-corrected chi connectivity index (χ3v) is 14.3. The molecule has 3 heterocycles. The molecule has 2 aliphatic rings. The first-order chi connectivity index (χ1) is 33.7. The summed E-state index contributed by atoms with van der Waals surface area (Å²) in [5.41, 5.74) is 20.7. The van der Waals surface area contributed by atoms with Gasteiger partial charge in [0, 0.05) is 27.5 Å². The lowest BCUT2D eigenvalue weighted by Crippen LogP contribution is -2.33. The van der Waals surface area contributed by atoms with Gasteiger partial charge in [0.2, 0.25) is 0 Å². The fourth-order valence-corrected chi connectivity index (χ4v) is 11.2. The summed E-state index contributed by atoms with van der Waals surface area (Å²) < 4.78 is 2.50. The Morgan fingerprint density at radius 2 is 0.735 bits per heavy atom. The second-order valence-corrected chi connectivity index (χ2v) is 17.9. The van der Waals surface area contributed by atoms with E-state index in [1.165, 1.54) is 72.0 Å². The summed E-state index contributed by atoms with van der Waals surface area (Å²) in [7, 11) is 0. The van der Waals surface area contributed by atoms with Gasteiger partial charge in [-0.1, -0.05) is 218 Å². The lowest BCUT2D eigenvalue weighted by atomic mass is 9.65. The molecule has 10 aromatic carbocycles. The third kappa shape index (κ3) is 5.71. The normalized spacial score (nSPS) is 14.2. The third-order valence-electron chi connectivity index (χ3n) is 14.3. The fourth-order valence-electron chi connectivity index (χ4n) is 11.2. The van der Waals surface area contributed by atoms with E-state index in [0.29, 0.717) is 17.5 Å². The number of nitrogens with zero attached hydrogens (tertiary/aromatic N) is 4. The second-order valence-electron chi connectivity index (χ2n) is 17.9. The quantitative estimate of drug-likeness (QED) is 0.167. The van der Waals surface area contributed by atoms with Gasteiger partial charge in [0.25, 0.3) is 0 Å². The first-order valence-electron chi connectivity index (χ1n) is 23.3. The highest BCUT2D eigenvalue weighted by Gasteiger charge is 2.50. The largest absolute Gasteiger partial charge is 0.309 e. The zero-order chi connectivity index (χ0) is 44.8. The van der Waals surface area contributed by atoms with Crippen LogP contribution >= 0.6 is 0 Å². The monoisotopic (exact) mass is 864 g/mol. The Morgan fingerprint density at radius 1 is 0.279 bits per heavy atom. The number of hydrogen-bond acceptors (Lipinski definition) is 3. The highest BCUT2D eigenvalue weighted by atomic mass is 15.0. The molecule has 1 unspecified atom stereocenters. The van der Waals surface area contributed by atoms with Crippen LogP contribution in [0.4, 0.5) is 0 Å². The average Bonchev–Trinajstić information content (AvgIpc) is 3.92. The molecule has 1 aliphatic heterocycles. The van der Waals surface area contributed by atoms with Crippen LogP contribution in [0.5, 0.6) is 0 Å². The van der Waals surface area contributed by atoms with Crippen molar-refractivity contribution in [3.8, 4) is 84.4 Å². The SMILES string of the molecule is c1ccc(-c2ccc(-c3ccc(-c4nc(-c5ccccc5)nc(-c5cccc(-c6ccc7c(c6)C6(c8ccccc8-7)c7ccccc7-n7c8ccccc8c8cccc6c87)c5)n4)cc3)cc2)cc1. The van der Waals surface area contributed by atoms with Crippen molar-refractivity contribution < 1.29 is 0 Å². The van der Waals surface area contributed by atoms with Gasteiger partial charge >= 0.3 is 0 Å². The maximum absolute atomic E-state index is 5.20. The molecule has 0 fully saturated rings. The summed E-state index contributed by atoms with van der Waals surface area (Å²) in [4.78, 5) is 15.4. The van der Waals surface area contributed by atoms with Crippen LogP contribution in [-0.4, -0.2) is 19.5 Å². The predicted molar refractivity (Wildman–Crippen MR) is 278 cm³/mol. The van der Waals surface area contributed by atoms with Crippen molar-refractivity contribution in [2.45, 2.75) is 5.41 Å². The standard InChI is InChI=1S/C64H40N4/c1-3-15-41(16-4-1)42-29-31-43(32-30-42)44-33-35-46(36-34-44)62-65-61(45-17-5-2-6-18-45)66-63(67-62)49-20-13-19-47(39-49)48-37-38-51-50-21-7-9-24-54(50)64(57(51)40-48)55-25-10-12-28-59(55)68-58-27-11-8-22-52(58)53-23-14-26-56(64)60(53)68/h1-40H. The van der Waals surface area contributed by atoms with Crippen molar-refractivity contribution in [2.75, 3.05) is 0 Å². The van der Waals surface area contributed by atoms with E-state index in [9.17, 15) is 0 Å². The molecule has 1 aliphatic carbocycles. The maximum Gasteiger partial charge on any atom is 0.164 e. The van der Waals surface area contributed by atoms with Gasteiger partial charge in [0.15, 0.2) is 17.5 Å². The van der Waals surface area contributed by atoms with E-state index in [4.69, 9.17) is 15.0 Å². The number of fused-ring (bicyclic) bond motifs is 12. The van der Waals surface area contributed by atoms with Crippen molar-refractivity contribution in [3.05, 3.63) is 265 Å². The summed E-state index contributed by atoms with van der Waals surface area (Å²) in [5, 5.41) is 2.55. The van der Waals surface area contributed by atoms with Gasteiger partial charge in [-0.15, -0.1) is 0 Å². The number of aromatic nitrogens is 4. The zero-order valence-corrected chi connectivity index (χ0v) is 36.9. The summed E-state index contributed by atoms with van der Waals surface area (Å²) in [6, 6.07) is 87.6. The van der Waals surface area contributed by atoms with E-state index in [1.54, 1.807) is 0 Å². The van der Waals surface area contributed by atoms with E-state index in [2.05, 4.69) is 223 Å². The number of rotatable bonds is 6. The van der Waals surface area contributed by atoms with Crippen LogP contribution in [0, 0.1) is 0 Å². The van der Waals surface area contributed by atoms with Crippen LogP contribution in [0.25, 0.3) is 106 Å². The van der Waals surface area contributed by atoms with Gasteiger partial charge in [-0.3, -0.25) is 0 Å². The van der Waals surface area contributed by atoms with E-state index < -0.39 is 5.41 Å². The van der Waals surface area contributed by atoms with Gasteiger partial charge < -0.3 is 4.57 Å². The lowest BCUT2D eigenvalue weighted by Gasteiger charge is -2.39. The smallest absolute Gasteiger partial charge is 0.164 e. The van der Waals surface area contributed by atoms with E-state index in [-0.39, 0.29) is 0 Å². The molecular formula is C64H40N4. The molecule has 0 saturated heterocycles. The molecular weight excluding hydrogens is 825 g/mol. The summed E-state index contributed by atoms with van der Waals surface area (Å²) >= 11 is 0. The molecule has 1 spiro atoms. The number of benzene rings is 10. The van der Waals surface area contributed by atoms with Gasteiger partial charge in [0.1, 0.15) is 0 Å². The minimum absolute atomic E-state index is 0.533. The van der Waals surface area contributed by atoms with E-state index >= 15 is 0 Å². The Balaban J connectivity index is 0.891. The molecule has 2 aromatic heterocycles. The zero-order valence-electron chi connectivity index (χ0n) is 36.9. The fraction of sp³-hybridized carbons (Fsp3) is 0.0156. The minimum Gasteiger partial charge on any atom is -0.309 e. The Labute approximate surface area is 394 Å². The molecule has 0 amide bonds. The molecule has 4 nitrogen and oxygen atoms in total. The summed E-state index contributed by atoms with van der Waals surface area (Å²) in [6.07, 6.45) is 0. The highest BCUT2D eigenvalue weighted by Crippen LogP contribution is 2.61. The van der Waals surface area contributed by atoms with Gasteiger partial charge in [-0.2, -0.15) is 0 Å². The molecule has 0 saturated carbocycles. The van der Waals surface area contributed by atoms with Crippen molar-refractivity contribution in [3.63, 3.8) is 0 Å². The molecule has 316 valence electrons. The second kappa shape index (κ2) is 15.0. The molecule has 4 heteroatoms. The molecule has 68 heavy (non-hydrogen) atoms. The minimum atomic E-state index is -0.533. The summed E-state index contributed by atoms with van der Waals surface area (Å²) in [6.45, 7) is 0. The Hall–Kier alpha value is -8.99. The van der Waals surface area contributed by atoms with Crippen LogP contribution in [-0.2, 0) is 5.41 Å². The van der Waals surface area contributed by atoms with Crippen molar-refractivity contribution in [2.24, 2.45) is 0 Å². The van der Waals surface area contributed by atoms with Crippen LogP contribution < -0.4 is 0 Å². The van der Waals surface area contributed by atoms with Gasteiger partial charge in [-0.05, 0) is 91.0 Å². The van der Waals surface area contributed by atoms with Crippen LogP contribution in [0.3, 0.4) is 0 Å². The molecule has 14 rings (SSSR count). The predicted octanol–water partition coefficient (Wildman–Crippen LogP) is 15.6. The van der Waals surface area contributed by atoms with Crippen molar-refractivity contribution in [1.29, 1.82) is 0 Å². The molecule has 0 bridgehead atoms. The van der Waals surface area contributed by atoms with Gasteiger partial charge in [0.05, 0.1) is 22.1 Å². The maximum atomic E-state index is 5.20. The topological polar surface area (TPSA) is 43.6 Å². The van der Waals surface area contributed by atoms with Crippen molar-refractivity contribution >= 4 is 21.8 Å². The number of hydrogen-bond donors (Lipinski definition) is 0. The van der Waals surface area contributed by atoms with E-state index in [1.807, 2.05) is 24.3 Å². The molecule has 1 atom stereocenters. The first-order valence-corrected chi connectivity index (χ1v) is 23.3.